The Hall–Kier alpha value is -3.13. The molecule has 29 heavy (non-hydrogen) atoms. The molecule has 6 rings (SSSR count). The molecule has 142 valence electrons. The summed E-state index contributed by atoms with van der Waals surface area (Å²) in [5, 5.41) is 3.96. The summed E-state index contributed by atoms with van der Waals surface area (Å²) in [6.07, 6.45) is 2.14. The number of fused-ring (bicyclic) bond motifs is 3. The van der Waals surface area contributed by atoms with Crippen LogP contribution in [0.3, 0.4) is 0 Å². The van der Waals surface area contributed by atoms with E-state index in [1.165, 1.54) is 66.4 Å². The van der Waals surface area contributed by atoms with Gasteiger partial charge in [-0.15, -0.1) is 0 Å². The molecular formula is C27H24N2. The van der Waals surface area contributed by atoms with Crippen molar-refractivity contribution in [2.24, 2.45) is 0 Å². The summed E-state index contributed by atoms with van der Waals surface area (Å²) in [7, 11) is 0. The fraction of sp³-hybridized carbons (Fsp3) is 0.222. The van der Waals surface area contributed by atoms with E-state index in [0.717, 1.165) is 18.5 Å². The summed E-state index contributed by atoms with van der Waals surface area (Å²) >= 11 is 0. The number of nitrogens with zero attached hydrogens (tertiary/aromatic N) is 2. The lowest BCUT2D eigenvalue weighted by atomic mass is 9.86. The number of aryl methyl sites for hydroxylation is 6. The van der Waals surface area contributed by atoms with Crippen molar-refractivity contribution in [3.8, 4) is 11.1 Å². The Morgan fingerprint density at radius 3 is 2.31 bits per heavy atom. The normalized spacial score (nSPS) is 13.2. The molecule has 2 nitrogen and oxygen atoms in total. The predicted molar refractivity (Wildman–Crippen MR) is 122 cm³/mol. The molecule has 3 heterocycles. The average Bonchev–Trinajstić information content (AvgIpc) is 3.06. The topological polar surface area (TPSA) is 17.3 Å². The smallest absolute Gasteiger partial charge is 0.145 e. The summed E-state index contributed by atoms with van der Waals surface area (Å²) in [6, 6.07) is 17.9. The SMILES string of the molecule is Cc1cccc(C)c1-c1cc2c3c(c1C)c1ccccc1c1nc(C)c(n13)CC2. The number of rotatable bonds is 1. The first-order chi connectivity index (χ1) is 14.1. The monoisotopic (exact) mass is 376 g/mol. The minimum atomic E-state index is 1.06. The molecule has 0 saturated heterocycles. The van der Waals surface area contributed by atoms with Gasteiger partial charge in [0.1, 0.15) is 5.65 Å². The van der Waals surface area contributed by atoms with E-state index in [9.17, 15) is 0 Å². The van der Waals surface area contributed by atoms with Crippen molar-refractivity contribution < 1.29 is 0 Å². The molecule has 2 aromatic heterocycles. The van der Waals surface area contributed by atoms with Crippen molar-refractivity contribution in [3.63, 3.8) is 0 Å². The average molecular weight is 377 g/mol. The second-order valence-electron chi connectivity index (χ2n) is 8.55. The lowest BCUT2D eigenvalue weighted by Gasteiger charge is -2.23. The summed E-state index contributed by atoms with van der Waals surface area (Å²) < 4.78 is 2.45. The second-order valence-corrected chi connectivity index (χ2v) is 8.55. The second kappa shape index (κ2) is 5.70. The van der Waals surface area contributed by atoms with E-state index in [1.807, 2.05) is 0 Å². The maximum Gasteiger partial charge on any atom is 0.145 e. The summed E-state index contributed by atoms with van der Waals surface area (Å²) in [5.74, 6) is 0. The third kappa shape index (κ3) is 2.09. The van der Waals surface area contributed by atoms with Crippen LogP contribution in [0.25, 0.3) is 38.4 Å². The number of aromatic nitrogens is 2. The molecule has 3 aromatic carbocycles. The third-order valence-electron chi connectivity index (χ3n) is 6.85. The Labute approximate surface area is 170 Å². The summed E-state index contributed by atoms with van der Waals surface area (Å²) in [6.45, 7) is 8.93. The molecule has 0 unspecified atom stereocenters. The van der Waals surface area contributed by atoms with Crippen molar-refractivity contribution in [1.82, 2.24) is 9.38 Å². The van der Waals surface area contributed by atoms with Gasteiger partial charge < -0.3 is 0 Å². The van der Waals surface area contributed by atoms with Crippen LogP contribution in [-0.2, 0) is 12.8 Å². The first kappa shape index (κ1) is 16.8. The lowest BCUT2D eigenvalue weighted by molar-refractivity contribution is 0.866. The molecule has 1 aliphatic rings. The highest BCUT2D eigenvalue weighted by atomic mass is 15.0. The molecule has 0 amide bonds. The zero-order valence-electron chi connectivity index (χ0n) is 17.4. The Morgan fingerprint density at radius 1 is 0.828 bits per heavy atom. The summed E-state index contributed by atoms with van der Waals surface area (Å²) in [5.41, 5.74) is 13.3. The van der Waals surface area contributed by atoms with Gasteiger partial charge in [0.25, 0.3) is 0 Å². The van der Waals surface area contributed by atoms with Crippen LogP contribution in [0.15, 0.2) is 48.5 Å². The highest BCUT2D eigenvalue weighted by Gasteiger charge is 2.24. The molecule has 0 fully saturated rings. The Bertz CT molecular complexity index is 1460. The van der Waals surface area contributed by atoms with Gasteiger partial charge in [-0.05, 0) is 85.4 Å². The highest BCUT2D eigenvalue weighted by Crippen LogP contribution is 2.42. The molecule has 0 N–H and O–H groups in total. The molecule has 0 atom stereocenters. The molecule has 0 spiro atoms. The zero-order valence-corrected chi connectivity index (χ0v) is 17.4. The van der Waals surface area contributed by atoms with E-state index >= 15 is 0 Å². The first-order valence-corrected chi connectivity index (χ1v) is 10.5. The van der Waals surface area contributed by atoms with Crippen LogP contribution in [0.4, 0.5) is 0 Å². The van der Waals surface area contributed by atoms with Gasteiger partial charge >= 0.3 is 0 Å². The van der Waals surface area contributed by atoms with Gasteiger partial charge in [0.05, 0.1) is 11.2 Å². The van der Waals surface area contributed by atoms with Crippen LogP contribution in [0.1, 0.15) is 33.6 Å². The van der Waals surface area contributed by atoms with E-state index in [0.29, 0.717) is 0 Å². The maximum absolute atomic E-state index is 5.00. The number of benzene rings is 3. The van der Waals surface area contributed by atoms with Crippen LogP contribution in [0, 0.1) is 27.7 Å². The Kier molecular flexibility index (Phi) is 3.30. The van der Waals surface area contributed by atoms with Gasteiger partial charge in [0.2, 0.25) is 0 Å². The first-order valence-electron chi connectivity index (χ1n) is 10.5. The molecule has 5 aromatic rings. The van der Waals surface area contributed by atoms with Crippen molar-refractivity contribution in [3.05, 3.63) is 82.2 Å². The van der Waals surface area contributed by atoms with E-state index in [-0.39, 0.29) is 0 Å². The summed E-state index contributed by atoms with van der Waals surface area (Å²) in [4.78, 5) is 5.00. The van der Waals surface area contributed by atoms with Crippen molar-refractivity contribution >= 4 is 27.3 Å². The third-order valence-corrected chi connectivity index (χ3v) is 6.85. The minimum absolute atomic E-state index is 1.06. The van der Waals surface area contributed by atoms with Crippen LogP contribution in [0.5, 0.6) is 0 Å². The Balaban J connectivity index is 1.91. The lowest BCUT2D eigenvalue weighted by Crippen LogP contribution is -2.09. The van der Waals surface area contributed by atoms with E-state index in [4.69, 9.17) is 4.98 Å². The highest BCUT2D eigenvalue weighted by molar-refractivity contribution is 6.15. The molecule has 0 radical (unpaired) electrons. The van der Waals surface area contributed by atoms with Crippen molar-refractivity contribution in [2.45, 2.75) is 40.5 Å². The van der Waals surface area contributed by atoms with Gasteiger partial charge in [0, 0.05) is 16.5 Å². The van der Waals surface area contributed by atoms with E-state index in [2.05, 4.69) is 80.6 Å². The standard InChI is InChI=1S/C27H24N2/c1-15-8-7-9-16(2)24(15)22-14-19-12-13-23-18(4)28-27-21-11-6-5-10-20(21)25(17(22)3)26(19)29(23)27/h5-11,14H,12-13H2,1-4H3. The van der Waals surface area contributed by atoms with Gasteiger partial charge in [0.15, 0.2) is 0 Å². The molecule has 1 aliphatic heterocycles. The minimum Gasteiger partial charge on any atom is -0.296 e. The molecule has 2 heteroatoms. The maximum atomic E-state index is 5.00. The quantitative estimate of drug-likeness (QED) is 0.300. The van der Waals surface area contributed by atoms with Crippen LogP contribution < -0.4 is 0 Å². The predicted octanol–water partition coefficient (Wildman–Crippen LogP) is 6.64. The van der Waals surface area contributed by atoms with E-state index in [1.54, 1.807) is 0 Å². The van der Waals surface area contributed by atoms with Gasteiger partial charge in [-0.25, -0.2) is 4.98 Å². The molecular weight excluding hydrogens is 352 g/mol. The number of imidazole rings is 1. The van der Waals surface area contributed by atoms with Crippen LogP contribution in [-0.4, -0.2) is 9.38 Å². The van der Waals surface area contributed by atoms with Crippen LogP contribution >= 0.6 is 0 Å². The zero-order chi connectivity index (χ0) is 19.9. The van der Waals surface area contributed by atoms with Gasteiger partial charge in [-0.2, -0.15) is 0 Å². The van der Waals surface area contributed by atoms with Gasteiger partial charge in [-0.1, -0.05) is 42.5 Å². The van der Waals surface area contributed by atoms with Crippen LogP contribution in [0.2, 0.25) is 0 Å². The number of hydrogen-bond donors (Lipinski definition) is 0. The molecule has 0 bridgehead atoms. The molecule has 0 aliphatic carbocycles. The van der Waals surface area contributed by atoms with E-state index < -0.39 is 0 Å². The van der Waals surface area contributed by atoms with Gasteiger partial charge in [-0.3, -0.25) is 4.40 Å². The molecule has 0 saturated carbocycles. The largest absolute Gasteiger partial charge is 0.296 e. The van der Waals surface area contributed by atoms with Crippen molar-refractivity contribution in [2.75, 3.05) is 0 Å². The fourth-order valence-corrected chi connectivity index (χ4v) is 5.52. The number of hydrogen-bond acceptors (Lipinski definition) is 1. The van der Waals surface area contributed by atoms with Crippen molar-refractivity contribution in [1.29, 1.82) is 0 Å². The Morgan fingerprint density at radius 2 is 1.55 bits per heavy atom. The fourth-order valence-electron chi connectivity index (χ4n) is 5.52. The number of pyridine rings is 1.